The van der Waals surface area contributed by atoms with Gasteiger partial charge in [-0.15, -0.1) is 0 Å². The molecule has 4 atom stereocenters. The molecule has 1 aromatic carbocycles. The van der Waals surface area contributed by atoms with Crippen molar-refractivity contribution >= 4 is 17.6 Å². The minimum atomic E-state index is -0.993. The van der Waals surface area contributed by atoms with Gasteiger partial charge < -0.3 is 24.2 Å². The van der Waals surface area contributed by atoms with Crippen molar-refractivity contribution in [2.75, 3.05) is 18.2 Å². The summed E-state index contributed by atoms with van der Waals surface area (Å²) in [6.07, 6.45) is 3.08. The smallest absolute Gasteiger partial charge is 0.310 e. The number of hydrogen-bond acceptors (Lipinski definition) is 5. The molecule has 0 saturated carbocycles. The average molecular weight is 315 g/mol. The molecule has 2 saturated heterocycles. The minimum absolute atomic E-state index is 0.161. The Kier molecular flexibility index (Phi) is 2.28. The summed E-state index contributed by atoms with van der Waals surface area (Å²) in [6.45, 7) is 0.473. The van der Waals surface area contributed by atoms with E-state index in [-0.39, 0.29) is 12.7 Å². The topological polar surface area (TPSA) is 85.3 Å². The van der Waals surface area contributed by atoms with E-state index in [1.807, 2.05) is 6.08 Å². The normalized spacial score (nSPS) is 35.9. The first-order valence-corrected chi connectivity index (χ1v) is 7.40. The van der Waals surface area contributed by atoms with E-state index in [0.717, 1.165) is 0 Å². The highest BCUT2D eigenvalue weighted by Gasteiger charge is 2.67. The van der Waals surface area contributed by atoms with Crippen molar-refractivity contribution in [3.63, 3.8) is 0 Å². The summed E-state index contributed by atoms with van der Waals surface area (Å²) in [7, 11) is 0. The average Bonchev–Trinajstić information content (AvgIpc) is 3.26. The summed E-state index contributed by atoms with van der Waals surface area (Å²) in [6, 6.07) is 5.26. The van der Waals surface area contributed by atoms with Crippen molar-refractivity contribution in [2.24, 2.45) is 11.8 Å². The molecular formula is C16H13NO6. The number of hydrogen-bond donors (Lipinski definition) is 1. The summed E-state index contributed by atoms with van der Waals surface area (Å²) in [5.74, 6) is -1.50. The fraction of sp³-hybridized carbons (Fsp3) is 0.375. The van der Waals surface area contributed by atoms with Crippen LogP contribution in [0.2, 0.25) is 0 Å². The molecule has 2 fully saturated rings. The first kappa shape index (κ1) is 13.0. The molecule has 23 heavy (non-hydrogen) atoms. The van der Waals surface area contributed by atoms with E-state index in [0.29, 0.717) is 23.7 Å². The lowest BCUT2D eigenvalue weighted by atomic mass is 9.77. The number of amides is 1. The molecule has 1 N–H and O–H groups in total. The van der Waals surface area contributed by atoms with Gasteiger partial charge in [0.05, 0.1) is 18.6 Å². The Bertz CT molecular complexity index is 774. The van der Waals surface area contributed by atoms with Crippen LogP contribution in [0, 0.1) is 11.8 Å². The number of rotatable bonds is 2. The second-order valence-electron chi connectivity index (χ2n) is 6.20. The van der Waals surface area contributed by atoms with Gasteiger partial charge in [-0.3, -0.25) is 9.59 Å². The van der Waals surface area contributed by atoms with Gasteiger partial charge in [0, 0.05) is 11.8 Å². The molecule has 118 valence electrons. The largest absolute Gasteiger partial charge is 0.481 e. The molecule has 1 amide bonds. The van der Waals surface area contributed by atoms with Gasteiger partial charge in [-0.1, -0.05) is 12.2 Å². The molecule has 7 heteroatoms. The third-order valence-electron chi connectivity index (χ3n) is 5.05. The molecule has 7 nitrogen and oxygen atoms in total. The second kappa shape index (κ2) is 4.05. The predicted octanol–water partition coefficient (Wildman–Crippen LogP) is 0.786. The second-order valence-corrected chi connectivity index (χ2v) is 6.20. The van der Waals surface area contributed by atoms with Crippen molar-refractivity contribution in [3.8, 4) is 11.5 Å². The maximum Gasteiger partial charge on any atom is 0.310 e. The molecule has 0 radical (unpaired) electrons. The molecule has 1 aromatic rings. The lowest BCUT2D eigenvalue weighted by Crippen LogP contribution is -2.39. The Morgan fingerprint density at radius 2 is 2.13 bits per heavy atom. The molecule has 0 unspecified atom stereocenters. The predicted molar refractivity (Wildman–Crippen MR) is 76.3 cm³/mol. The van der Waals surface area contributed by atoms with Crippen LogP contribution < -0.4 is 14.4 Å². The Morgan fingerprint density at radius 3 is 2.96 bits per heavy atom. The van der Waals surface area contributed by atoms with E-state index in [1.165, 1.54) is 0 Å². The van der Waals surface area contributed by atoms with Crippen molar-refractivity contribution in [3.05, 3.63) is 30.4 Å². The van der Waals surface area contributed by atoms with Crippen LogP contribution in [0.3, 0.4) is 0 Å². The van der Waals surface area contributed by atoms with Crippen LogP contribution in [0.1, 0.15) is 0 Å². The number of carboxylic acids is 1. The molecule has 2 bridgehead atoms. The molecule has 4 aliphatic rings. The van der Waals surface area contributed by atoms with E-state index in [9.17, 15) is 14.7 Å². The zero-order valence-electron chi connectivity index (χ0n) is 12.0. The standard InChI is InChI=1S/C16H13NO6/c18-14-13-12(15(19)20)10-3-4-16(13,23-10)6-17(14)8-1-2-9-11(5-8)22-7-21-9/h1-5,10,12-13H,6-7H2,(H,19,20)/t10-,12-,13-,16+/m1/s1. The van der Waals surface area contributed by atoms with Crippen molar-refractivity contribution in [1.82, 2.24) is 0 Å². The van der Waals surface area contributed by atoms with E-state index < -0.39 is 29.5 Å². The van der Waals surface area contributed by atoms with Gasteiger partial charge in [0.15, 0.2) is 11.5 Å². The van der Waals surface area contributed by atoms with Crippen molar-refractivity contribution in [1.29, 1.82) is 0 Å². The Hall–Kier alpha value is -2.54. The first-order chi connectivity index (χ1) is 11.1. The highest BCUT2D eigenvalue weighted by molar-refractivity contribution is 6.02. The molecule has 4 heterocycles. The maximum atomic E-state index is 12.9. The summed E-state index contributed by atoms with van der Waals surface area (Å²) < 4.78 is 16.5. The zero-order chi connectivity index (χ0) is 15.8. The van der Waals surface area contributed by atoms with Crippen LogP contribution in [0.4, 0.5) is 5.69 Å². The summed E-state index contributed by atoms with van der Waals surface area (Å²) in [5, 5.41) is 9.46. The van der Waals surface area contributed by atoms with Crippen LogP contribution in [0.5, 0.6) is 11.5 Å². The number of benzene rings is 1. The fourth-order valence-electron chi connectivity index (χ4n) is 4.05. The monoisotopic (exact) mass is 315 g/mol. The van der Waals surface area contributed by atoms with Crippen LogP contribution in [-0.2, 0) is 14.3 Å². The van der Waals surface area contributed by atoms with Gasteiger partial charge in [-0.05, 0) is 12.1 Å². The van der Waals surface area contributed by atoms with Crippen LogP contribution in [0.15, 0.2) is 30.4 Å². The first-order valence-electron chi connectivity index (χ1n) is 7.40. The number of aliphatic carboxylic acids is 1. The van der Waals surface area contributed by atoms with Crippen molar-refractivity contribution in [2.45, 2.75) is 11.7 Å². The van der Waals surface area contributed by atoms with Gasteiger partial charge in [-0.2, -0.15) is 0 Å². The minimum Gasteiger partial charge on any atom is -0.481 e. The molecule has 1 spiro atoms. The van der Waals surface area contributed by atoms with Crippen LogP contribution >= 0.6 is 0 Å². The zero-order valence-corrected chi connectivity index (χ0v) is 12.0. The molecule has 0 aromatic heterocycles. The Labute approximate surface area is 131 Å². The highest BCUT2D eigenvalue weighted by atomic mass is 16.7. The van der Waals surface area contributed by atoms with Gasteiger partial charge in [0.2, 0.25) is 12.7 Å². The van der Waals surface area contributed by atoms with Gasteiger partial charge in [0.25, 0.3) is 0 Å². The third kappa shape index (κ3) is 1.52. The highest BCUT2D eigenvalue weighted by Crippen LogP contribution is 2.53. The van der Waals surface area contributed by atoms with E-state index in [2.05, 4.69) is 0 Å². The molecule has 0 aliphatic carbocycles. The number of carboxylic acid groups (broad SMARTS) is 1. The summed E-state index contributed by atoms with van der Waals surface area (Å²) >= 11 is 0. The quantitative estimate of drug-likeness (QED) is 0.812. The fourth-order valence-corrected chi connectivity index (χ4v) is 4.05. The lowest BCUT2D eigenvalue weighted by molar-refractivity contribution is -0.146. The summed E-state index contributed by atoms with van der Waals surface area (Å²) in [5.41, 5.74) is -0.172. The van der Waals surface area contributed by atoms with Crippen LogP contribution in [0.25, 0.3) is 0 Å². The number of anilines is 1. The maximum absolute atomic E-state index is 12.9. The van der Waals surface area contributed by atoms with Crippen molar-refractivity contribution < 1.29 is 28.9 Å². The Morgan fingerprint density at radius 1 is 1.30 bits per heavy atom. The number of carbonyl (C=O) groups excluding carboxylic acids is 1. The molecule has 5 rings (SSSR count). The molecule has 4 aliphatic heterocycles. The number of nitrogens with zero attached hydrogens (tertiary/aromatic N) is 1. The number of carbonyl (C=O) groups is 2. The van der Waals surface area contributed by atoms with E-state index >= 15 is 0 Å². The van der Waals surface area contributed by atoms with Gasteiger partial charge in [-0.25, -0.2) is 0 Å². The van der Waals surface area contributed by atoms with Gasteiger partial charge >= 0.3 is 5.97 Å². The number of ether oxygens (including phenoxy) is 3. The van der Waals surface area contributed by atoms with Gasteiger partial charge in [0.1, 0.15) is 11.5 Å². The molecular weight excluding hydrogens is 302 g/mol. The van der Waals surface area contributed by atoms with E-state index in [4.69, 9.17) is 14.2 Å². The van der Waals surface area contributed by atoms with Crippen LogP contribution in [-0.4, -0.2) is 42.0 Å². The Balaban J connectivity index is 1.54. The lowest BCUT2D eigenvalue weighted by Gasteiger charge is -2.21. The van der Waals surface area contributed by atoms with E-state index in [1.54, 1.807) is 29.2 Å². The SMILES string of the molecule is O=C(O)[C@@H]1[C@H]2C=C[C@@]3(CN(c4ccc5c(c4)OCO5)C(=O)[C@@H]13)O2. The third-order valence-corrected chi connectivity index (χ3v) is 5.05. The summed E-state index contributed by atoms with van der Waals surface area (Å²) in [4.78, 5) is 26.0. The number of fused-ring (bicyclic) bond motifs is 2.